The van der Waals surface area contributed by atoms with Crippen molar-refractivity contribution in [3.63, 3.8) is 0 Å². The van der Waals surface area contributed by atoms with E-state index in [1.165, 1.54) is 6.42 Å². The molecule has 6 atom stereocenters. The van der Waals surface area contributed by atoms with E-state index in [1.54, 1.807) is 78.1 Å². The number of ether oxygens (including phenoxy) is 3. The molecular formula is C73H89F6N13O12. The zero-order valence-electron chi connectivity index (χ0n) is 59.7. The number of nitrogens with one attached hydrogen (secondary N) is 1. The van der Waals surface area contributed by atoms with E-state index in [2.05, 4.69) is 20.6 Å². The number of benzene rings is 3. The molecule has 25 nitrogen and oxygen atoms in total. The molecule has 6 amide bonds. The Balaban J connectivity index is 0.000000132. The fourth-order valence-corrected chi connectivity index (χ4v) is 15.2. The van der Waals surface area contributed by atoms with Gasteiger partial charge in [0.05, 0.1) is 111 Å². The average molecular weight is 1450 g/mol. The first kappa shape index (κ1) is 74.5. The minimum Gasteiger partial charge on any atom is -0.447 e. The van der Waals surface area contributed by atoms with Gasteiger partial charge >= 0.3 is 12.2 Å². The fraction of sp³-hybridized carbons (Fsp3) is 0.548. The van der Waals surface area contributed by atoms with E-state index in [1.807, 2.05) is 76.6 Å². The first-order valence-corrected chi connectivity index (χ1v) is 35.2. The van der Waals surface area contributed by atoms with Crippen molar-refractivity contribution in [1.82, 2.24) is 44.0 Å². The summed E-state index contributed by atoms with van der Waals surface area (Å²) in [4.78, 5) is 86.4. The van der Waals surface area contributed by atoms with Crippen LogP contribution < -0.4 is 24.8 Å². The lowest BCUT2D eigenvalue weighted by Crippen LogP contribution is -2.47. The highest BCUT2D eigenvalue weighted by Crippen LogP contribution is 2.53. The Morgan fingerprint density at radius 2 is 0.962 bits per heavy atom. The van der Waals surface area contributed by atoms with Crippen molar-refractivity contribution in [2.75, 3.05) is 39.7 Å². The summed E-state index contributed by atoms with van der Waals surface area (Å²) < 4.78 is 101. The van der Waals surface area contributed by atoms with E-state index < -0.39 is 70.1 Å². The molecule has 6 aliphatic heterocycles. The molecule has 3 aromatic heterocycles. The highest BCUT2D eigenvalue weighted by Gasteiger charge is 2.58. The smallest absolute Gasteiger partial charge is 0.410 e. The van der Waals surface area contributed by atoms with E-state index in [0.717, 1.165) is 99.3 Å². The first-order chi connectivity index (χ1) is 49.0. The Morgan fingerprint density at radius 3 is 1.34 bits per heavy atom. The van der Waals surface area contributed by atoms with E-state index in [9.17, 15) is 70.4 Å². The predicted molar refractivity (Wildman–Crippen MR) is 365 cm³/mol. The molecule has 4 N–H and O–H groups in total. The Hall–Kier alpha value is -9.23. The molecular weight excluding hydrogens is 1360 g/mol. The van der Waals surface area contributed by atoms with Crippen LogP contribution in [0.1, 0.15) is 149 Å². The third-order valence-corrected chi connectivity index (χ3v) is 21.3. The van der Waals surface area contributed by atoms with Gasteiger partial charge in [0.15, 0.2) is 34.9 Å². The third kappa shape index (κ3) is 15.1. The quantitative estimate of drug-likeness (QED) is 0.0595. The van der Waals surface area contributed by atoms with Crippen LogP contribution in [0.2, 0.25) is 0 Å². The molecule has 0 radical (unpaired) electrons. The SMILES string of the molecule is C[C@H]1Cn2ncc(N3CC4(CCC4)C(O)C3=O)c2CN1C(=O)Cc1cc(F)c(F)c(F)c1.C[C@H]1Cn2ncc(N3CC4(CCC4)C(O)C3=O)c2CN1C(=O)OC(C)(C)C.C[C@H]1Cn2ncc(N3CC4(CCC4)CC3=O)c2CN1C(=O)OC(C)(C)C.OC(Nc1cc(F)c(F)c(F)c1)Oc1ccccc1. The van der Waals surface area contributed by atoms with Crippen LogP contribution in [0.25, 0.3) is 0 Å². The monoisotopic (exact) mass is 1450 g/mol. The fourth-order valence-electron chi connectivity index (χ4n) is 15.2. The number of carbonyl (C=O) groups is 6. The van der Waals surface area contributed by atoms with Crippen molar-refractivity contribution in [2.24, 2.45) is 16.2 Å². The summed E-state index contributed by atoms with van der Waals surface area (Å²) in [5.41, 5.74) is 2.82. The first-order valence-electron chi connectivity index (χ1n) is 35.2. The number of fused-ring (bicyclic) bond motifs is 3. The number of halogens is 6. The number of rotatable bonds is 9. The van der Waals surface area contributed by atoms with Crippen LogP contribution in [0, 0.1) is 51.1 Å². The molecule has 3 spiro atoms. The second-order valence-corrected chi connectivity index (χ2v) is 31.1. The number of aliphatic hydroxyl groups excluding tert-OH is 3. The van der Waals surface area contributed by atoms with Crippen molar-refractivity contribution in [3.8, 4) is 5.75 Å². The second kappa shape index (κ2) is 28.7. The number of amides is 6. The molecule has 3 unspecified atom stereocenters. The summed E-state index contributed by atoms with van der Waals surface area (Å²) in [5, 5.41) is 46.0. The van der Waals surface area contributed by atoms with Gasteiger partial charge in [-0.1, -0.05) is 37.5 Å². The molecule has 104 heavy (non-hydrogen) atoms. The van der Waals surface area contributed by atoms with Crippen LogP contribution in [0.5, 0.6) is 5.75 Å². The number of carbonyl (C=O) groups excluding carboxylic acids is 6. The largest absolute Gasteiger partial charge is 0.447 e. The van der Waals surface area contributed by atoms with Crippen LogP contribution >= 0.6 is 0 Å². The molecule has 560 valence electrons. The number of para-hydroxylation sites is 1. The maximum Gasteiger partial charge on any atom is 0.410 e. The summed E-state index contributed by atoms with van der Waals surface area (Å²) in [6, 6.07) is 11.1. The number of aromatic nitrogens is 6. The maximum absolute atomic E-state index is 13.5. The van der Waals surface area contributed by atoms with E-state index >= 15 is 0 Å². The van der Waals surface area contributed by atoms with E-state index in [-0.39, 0.29) is 89.0 Å². The highest BCUT2D eigenvalue weighted by molar-refractivity contribution is 6.01. The van der Waals surface area contributed by atoms with Gasteiger partial charge in [-0.2, -0.15) is 15.3 Å². The van der Waals surface area contributed by atoms with Crippen LogP contribution in [0.4, 0.5) is 58.7 Å². The summed E-state index contributed by atoms with van der Waals surface area (Å²) in [7, 11) is 0. The molecule has 0 bridgehead atoms. The Labute approximate surface area is 597 Å². The van der Waals surface area contributed by atoms with Gasteiger partial charge in [-0.15, -0.1) is 0 Å². The molecule has 3 aliphatic carbocycles. The third-order valence-electron chi connectivity index (χ3n) is 21.3. The molecule has 3 saturated carbocycles. The van der Waals surface area contributed by atoms with Crippen LogP contribution in [0.15, 0.2) is 73.2 Å². The molecule has 9 aliphatic rings. The predicted octanol–water partition coefficient (Wildman–Crippen LogP) is 9.85. The molecule has 9 heterocycles. The van der Waals surface area contributed by atoms with Gasteiger partial charge in [0, 0.05) is 60.7 Å². The van der Waals surface area contributed by atoms with Gasteiger partial charge in [0.25, 0.3) is 18.2 Å². The van der Waals surface area contributed by atoms with Crippen molar-refractivity contribution < 1.29 is 84.6 Å². The van der Waals surface area contributed by atoms with Crippen molar-refractivity contribution >= 4 is 58.6 Å². The minimum absolute atomic E-state index is 0.00245. The van der Waals surface area contributed by atoms with Crippen LogP contribution in [-0.2, 0) is 74.3 Å². The molecule has 3 saturated heterocycles. The van der Waals surface area contributed by atoms with E-state index in [4.69, 9.17) is 14.2 Å². The number of anilines is 4. The Kier molecular flexibility index (Phi) is 20.5. The zero-order chi connectivity index (χ0) is 74.9. The van der Waals surface area contributed by atoms with Crippen molar-refractivity contribution in [1.29, 1.82) is 0 Å². The summed E-state index contributed by atoms with van der Waals surface area (Å²) in [6.07, 6.45) is 10.1. The summed E-state index contributed by atoms with van der Waals surface area (Å²) in [6.45, 7) is 21.1. The lowest BCUT2D eigenvalue weighted by molar-refractivity contribution is -0.134. The molecule has 15 rings (SSSR count). The lowest BCUT2D eigenvalue weighted by Gasteiger charge is -2.39. The minimum atomic E-state index is -1.57. The molecule has 3 aromatic carbocycles. The van der Waals surface area contributed by atoms with Gasteiger partial charge in [-0.05, 0) is 136 Å². The van der Waals surface area contributed by atoms with E-state index in [0.29, 0.717) is 75.1 Å². The topological polar surface area (TPSA) is 276 Å². The Morgan fingerprint density at radius 1 is 0.567 bits per heavy atom. The summed E-state index contributed by atoms with van der Waals surface area (Å²) >= 11 is 0. The van der Waals surface area contributed by atoms with Gasteiger partial charge in [-0.25, -0.2) is 35.9 Å². The number of hydrogen-bond acceptors (Lipinski definition) is 16. The second-order valence-electron chi connectivity index (χ2n) is 31.1. The average Bonchev–Trinajstić information content (AvgIpc) is 1.59. The molecule has 6 fully saturated rings. The molecule has 6 aromatic rings. The molecule has 31 heteroatoms. The van der Waals surface area contributed by atoms with Gasteiger partial charge in [-0.3, -0.25) is 43.0 Å². The number of aliphatic hydroxyl groups is 3. The van der Waals surface area contributed by atoms with Crippen LogP contribution in [0.3, 0.4) is 0 Å². The standard InChI is InChI=1S/C22H23F3N4O3.C19H28N4O4.C19H28N4O3.C13H10F3NO2/c1-12-9-29-17(10-27(12)18(30)7-13-5-14(23)19(25)15(24)6-13)16(8-26-29)28-11-22(3-2-4-22)20(31)21(28)32;1-12-9-23-14(10-21(12)17(26)27-18(2,3)4)13(8-20-23)22-11-19(6-5-7-19)15(24)16(22)25;1-13-10-23-15(11-21(13)17(25)26-18(2,3)4)14(9-20-23)22-12-19(6-5-7-19)8-16(22)24;14-10-6-8(7-11(15)12(10)16)17-13(18)19-9-4-2-1-3-5-9/h5-6,8,12,20,31H,2-4,7,9-11H2,1H3;8,12,15,24H,5-7,9-11H2,1-4H3;9,13H,5-8,10-12H2,1-4H3;1-7,13,17-18H/t12-,20?;12-,15?;13-;/m000./s1. The zero-order valence-corrected chi connectivity index (χ0v) is 59.7. The van der Waals surface area contributed by atoms with Crippen LogP contribution in [-0.4, -0.2) is 163 Å². The van der Waals surface area contributed by atoms with Gasteiger partial charge in [0.2, 0.25) is 11.8 Å². The van der Waals surface area contributed by atoms with Gasteiger partial charge in [0.1, 0.15) is 29.2 Å². The normalized spacial score (nSPS) is 22.8. The lowest BCUT2D eigenvalue weighted by atomic mass is 9.67. The highest BCUT2D eigenvalue weighted by atomic mass is 19.2. The number of hydrogen-bond donors (Lipinski definition) is 4. The van der Waals surface area contributed by atoms with Gasteiger partial charge < -0.3 is 54.4 Å². The number of nitrogens with zero attached hydrogens (tertiary/aromatic N) is 12. The van der Waals surface area contributed by atoms with Crippen molar-refractivity contribution in [2.45, 2.75) is 220 Å². The Bertz CT molecular complexity index is 4210. The van der Waals surface area contributed by atoms with Crippen molar-refractivity contribution in [3.05, 3.63) is 131 Å². The maximum atomic E-state index is 13.5. The summed E-state index contributed by atoms with van der Waals surface area (Å²) in [5.74, 6) is -8.94.